The van der Waals surface area contributed by atoms with Crippen LogP contribution in [0.15, 0.2) is 78.9 Å². The molecule has 1 heterocycles. The van der Waals surface area contributed by atoms with Crippen LogP contribution in [0, 0.1) is 5.92 Å². The minimum atomic E-state index is -0.176. The number of piperidine rings is 1. The summed E-state index contributed by atoms with van der Waals surface area (Å²) >= 11 is 0. The summed E-state index contributed by atoms with van der Waals surface area (Å²) in [4.78, 5) is 28.2. The van der Waals surface area contributed by atoms with Crippen molar-refractivity contribution in [2.45, 2.75) is 25.8 Å². The van der Waals surface area contributed by atoms with Gasteiger partial charge in [-0.05, 0) is 67.7 Å². The molecular formula is C29H33N3O3. The highest BCUT2D eigenvalue weighted by atomic mass is 16.5. The van der Waals surface area contributed by atoms with Crippen LogP contribution in [0.2, 0.25) is 0 Å². The predicted octanol–water partition coefficient (Wildman–Crippen LogP) is 4.52. The number of ether oxygens (including phenoxy) is 1. The Bertz CT molecular complexity index is 1120. The zero-order chi connectivity index (χ0) is 24.5. The Kier molecular flexibility index (Phi) is 8.52. The number of para-hydroxylation sites is 1. The number of carbonyl (C=O) groups is 2. The Morgan fingerprint density at radius 1 is 0.914 bits per heavy atom. The van der Waals surface area contributed by atoms with Crippen LogP contribution in [0.3, 0.4) is 0 Å². The molecule has 35 heavy (non-hydrogen) atoms. The van der Waals surface area contributed by atoms with E-state index in [2.05, 4.69) is 27.7 Å². The summed E-state index contributed by atoms with van der Waals surface area (Å²) in [6, 6.07) is 25.4. The van der Waals surface area contributed by atoms with Gasteiger partial charge in [0.15, 0.2) is 0 Å². The summed E-state index contributed by atoms with van der Waals surface area (Å²) in [5.41, 5.74) is 3.43. The quantitative estimate of drug-likeness (QED) is 0.482. The van der Waals surface area contributed by atoms with Crippen molar-refractivity contribution in [3.8, 4) is 5.75 Å². The molecular weight excluding hydrogens is 438 g/mol. The molecule has 6 nitrogen and oxygen atoms in total. The van der Waals surface area contributed by atoms with Gasteiger partial charge in [-0.1, -0.05) is 54.6 Å². The van der Waals surface area contributed by atoms with E-state index in [0.717, 1.165) is 44.6 Å². The molecule has 1 aliphatic heterocycles. The van der Waals surface area contributed by atoms with E-state index in [1.54, 1.807) is 19.2 Å². The minimum Gasteiger partial charge on any atom is -0.497 e. The Balaban J connectivity index is 1.28. The molecule has 0 atom stereocenters. The molecule has 6 heteroatoms. The third-order valence-corrected chi connectivity index (χ3v) is 6.47. The summed E-state index contributed by atoms with van der Waals surface area (Å²) in [5.74, 6) is 0.603. The second-order valence-electron chi connectivity index (χ2n) is 8.93. The first-order chi connectivity index (χ1) is 17.1. The van der Waals surface area contributed by atoms with Crippen LogP contribution in [0.5, 0.6) is 5.75 Å². The summed E-state index contributed by atoms with van der Waals surface area (Å²) < 4.78 is 5.32. The molecule has 0 aromatic heterocycles. The summed E-state index contributed by atoms with van der Waals surface area (Å²) in [6.45, 7) is 3.10. The van der Waals surface area contributed by atoms with Crippen molar-refractivity contribution >= 4 is 17.5 Å². The molecule has 1 fully saturated rings. The van der Waals surface area contributed by atoms with Gasteiger partial charge in [-0.25, -0.2) is 0 Å². The van der Waals surface area contributed by atoms with Gasteiger partial charge < -0.3 is 15.4 Å². The van der Waals surface area contributed by atoms with Crippen LogP contribution in [-0.2, 0) is 17.8 Å². The molecule has 3 aromatic carbocycles. The van der Waals surface area contributed by atoms with E-state index < -0.39 is 0 Å². The molecule has 2 N–H and O–H groups in total. The molecule has 4 rings (SSSR count). The second-order valence-corrected chi connectivity index (χ2v) is 8.93. The highest BCUT2D eigenvalue weighted by Crippen LogP contribution is 2.23. The molecule has 0 aliphatic carbocycles. The monoisotopic (exact) mass is 471 g/mol. The van der Waals surface area contributed by atoms with Crippen LogP contribution >= 0.6 is 0 Å². The Morgan fingerprint density at radius 2 is 1.63 bits per heavy atom. The number of methoxy groups -OCH3 is 1. The maximum absolute atomic E-state index is 13.0. The molecule has 0 radical (unpaired) electrons. The number of amides is 2. The fourth-order valence-corrected chi connectivity index (χ4v) is 4.47. The van der Waals surface area contributed by atoms with Gasteiger partial charge in [0, 0.05) is 19.0 Å². The number of carbonyl (C=O) groups excluding carboxylic acids is 2. The van der Waals surface area contributed by atoms with Crippen molar-refractivity contribution in [1.29, 1.82) is 0 Å². The van der Waals surface area contributed by atoms with Gasteiger partial charge in [0.25, 0.3) is 5.91 Å². The van der Waals surface area contributed by atoms with E-state index in [-0.39, 0.29) is 17.7 Å². The van der Waals surface area contributed by atoms with E-state index in [0.29, 0.717) is 17.8 Å². The van der Waals surface area contributed by atoms with E-state index in [4.69, 9.17) is 4.74 Å². The van der Waals surface area contributed by atoms with E-state index in [1.165, 1.54) is 11.1 Å². The zero-order valence-corrected chi connectivity index (χ0v) is 20.2. The predicted molar refractivity (Wildman–Crippen MR) is 139 cm³/mol. The van der Waals surface area contributed by atoms with Crippen molar-refractivity contribution in [1.82, 2.24) is 10.2 Å². The first-order valence-electron chi connectivity index (χ1n) is 12.2. The molecule has 0 unspecified atom stereocenters. The van der Waals surface area contributed by atoms with E-state index in [1.807, 2.05) is 54.6 Å². The van der Waals surface area contributed by atoms with Gasteiger partial charge in [0.1, 0.15) is 5.75 Å². The lowest BCUT2D eigenvalue weighted by molar-refractivity contribution is -0.121. The lowest BCUT2D eigenvalue weighted by Gasteiger charge is -2.31. The third-order valence-electron chi connectivity index (χ3n) is 6.47. The van der Waals surface area contributed by atoms with Crippen molar-refractivity contribution in [3.63, 3.8) is 0 Å². The first kappa shape index (κ1) is 24.5. The normalized spacial score (nSPS) is 14.3. The van der Waals surface area contributed by atoms with Gasteiger partial charge in [-0.15, -0.1) is 0 Å². The van der Waals surface area contributed by atoms with Crippen LogP contribution in [-0.4, -0.2) is 43.5 Å². The summed E-state index contributed by atoms with van der Waals surface area (Å²) in [6.07, 6.45) is 2.35. The Hall–Kier alpha value is -3.64. The Morgan fingerprint density at radius 3 is 2.40 bits per heavy atom. The lowest BCUT2D eigenvalue weighted by atomic mass is 9.95. The fourth-order valence-electron chi connectivity index (χ4n) is 4.47. The van der Waals surface area contributed by atoms with Crippen LogP contribution in [0.25, 0.3) is 0 Å². The van der Waals surface area contributed by atoms with Crippen molar-refractivity contribution in [2.24, 2.45) is 5.92 Å². The molecule has 182 valence electrons. The largest absolute Gasteiger partial charge is 0.497 e. The van der Waals surface area contributed by atoms with Gasteiger partial charge in [0.05, 0.1) is 18.4 Å². The smallest absolute Gasteiger partial charge is 0.253 e. The topological polar surface area (TPSA) is 70.7 Å². The van der Waals surface area contributed by atoms with E-state index >= 15 is 0 Å². The Labute approximate surface area is 207 Å². The van der Waals surface area contributed by atoms with Crippen LogP contribution < -0.4 is 15.4 Å². The van der Waals surface area contributed by atoms with Gasteiger partial charge in [0.2, 0.25) is 5.91 Å². The zero-order valence-electron chi connectivity index (χ0n) is 20.2. The molecule has 2 amide bonds. The van der Waals surface area contributed by atoms with Crippen LogP contribution in [0.4, 0.5) is 5.69 Å². The maximum Gasteiger partial charge on any atom is 0.253 e. The minimum absolute atomic E-state index is 0.0180. The van der Waals surface area contributed by atoms with Crippen molar-refractivity contribution in [3.05, 3.63) is 95.6 Å². The first-order valence-corrected chi connectivity index (χ1v) is 12.2. The molecule has 0 bridgehead atoms. The van der Waals surface area contributed by atoms with Gasteiger partial charge >= 0.3 is 0 Å². The van der Waals surface area contributed by atoms with Crippen molar-refractivity contribution < 1.29 is 14.3 Å². The molecule has 1 saturated heterocycles. The van der Waals surface area contributed by atoms with E-state index in [9.17, 15) is 9.59 Å². The number of anilines is 1. The standard InChI is InChI=1S/C29H33N3O3/c1-35-25-11-7-10-23(20-25)21-32-18-15-24(16-19-32)28(33)31-27-13-6-5-12-26(27)29(34)30-17-14-22-8-3-2-4-9-22/h2-13,20,24H,14-19,21H2,1H3,(H,30,34)(H,31,33). The average molecular weight is 472 g/mol. The number of rotatable bonds is 9. The molecule has 0 spiro atoms. The maximum atomic E-state index is 13.0. The number of nitrogens with one attached hydrogen (secondary N) is 2. The van der Waals surface area contributed by atoms with Crippen LogP contribution in [0.1, 0.15) is 34.3 Å². The highest BCUT2D eigenvalue weighted by molar-refractivity contribution is 6.04. The molecule has 1 aliphatic rings. The molecule has 0 saturated carbocycles. The number of hydrogen-bond donors (Lipinski definition) is 2. The number of likely N-dealkylation sites (tertiary alicyclic amines) is 1. The van der Waals surface area contributed by atoms with Gasteiger partial charge in [-0.2, -0.15) is 0 Å². The number of hydrogen-bond acceptors (Lipinski definition) is 4. The summed E-state index contributed by atoms with van der Waals surface area (Å²) in [5, 5.41) is 5.99. The highest BCUT2D eigenvalue weighted by Gasteiger charge is 2.26. The van der Waals surface area contributed by atoms with Crippen molar-refractivity contribution in [2.75, 3.05) is 32.1 Å². The lowest BCUT2D eigenvalue weighted by Crippen LogP contribution is -2.38. The average Bonchev–Trinajstić information content (AvgIpc) is 2.90. The summed E-state index contributed by atoms with van der Waals surface area (Å²) in [7, 11) is 1.68. The fraction of sp³-hybridized carbons (Fsp3) is 0.310. The molecule has 3 aromatic rings. The third kappa shape index (κ3) is 6.93. The number of nitrogens with zero attached hydrogens (tertiary/aromatic N) is 1. The SMILES string of the molecule is COc1cccc(CN2CCC(C(=O)Nc3ccccc3C(=O)NCCc3ccccc3)CC2)c1. The number of benzene rings is 3. The van der Waals surface area contributed by atoms with Gasteiger partial charge in [-0.3, -0.25) is 14.5 Å². The second kappa shape index (κ2) is 12.2.